The van der Waals surface area contributed by atoms with Crippen molar-refractivity contribution < 1.29 is 17.9 Å². The molecule has 0 aliphatic carbocycles. The number of anilines is 2. The molecule has 0 bridgehead atoms. The molecule has 102 valence electrons. The molecule has 0 fully saturated rings. The molecule has 0 aliphatic heterocycles. The van der Waals surface area contributed by atoms with Crippen molar-refractivity contribution in [3.8, 4) is 5.88 Å². The fraction of sp³-hybridized carbons (Fsp3) is 0.600. The minimum absolute atomic E-state index is 0.0681. The maximum Gasteiger partial charge on any atom is 0.389 e. The van der Waals surface area contributed by atoms with E-state index in [2.05, 4.69) is 15.3 Å². The monoisotopic (exact) mass is 264 g/mol. The molecule has 1 heterocycles. The first-order valence-electron chi connectivity index (χ1n) is 5.39. The van der Waals surface area contributed by atoms with E-state index in [0.29, 0.717) is 18.8 Å². The summed E-state index contributed by atoms with van der Waals surface area (Å²) in [6, 6.07) is 0. The SMILES string of the molecule is COc1ncnc(NCCCCC(F)(F)F)c1N. The van der Waals surface area contributed by atoms with E-state index in [1.165, 1.54) is 13.4 Å². The van der Waals surface area contributed by atoms with Crippen LogP contribution in [0.2, 0.25) is 0 Å². The number of halogens is 3. The largest absolute Gasteiger partial charge is 0.479 e. The van der Waals surface area contributed by atoms with Gasteiger partial charge in [-0.2, -0.15) is 18.2 Å². The zero-order valence-corrected chi connectivity index (χ0v) is 9.92. The summed E-state index contributed by atoms with van der Waals surface area (Å²) in [4.78, 5) is 7.67. The highest BCUT2D eigenvalue weighted by Gasteiger charge is 2.25. The van der Waals surface area contributed by atoms with Gasteiger partial charge in [-0.15, -0.1) is 0 Å². The van der Waals surface area contributed by atoms with Crippen molar-refractivity contribution in [3.05, 3.63) is 6.33 Å². The average Bonchev–Trinajstić information content (AvgIpc) is 2.29. The van der Waals surface area contributed by atoms with E-state index in [-0.39, 0.29) is 18.0 Å². The minimum Gasteiger partial charge on any atom is -0.479 e. The number of alkyl halides is 3. The van der Waals surface area contributed by atoms with Gasteiger partial charge in [0.05, 0.1) is 7.11 Å². The van der Waals surface area contributed by atoms with Gasteiger partial charge in [0.25, 0.3) is 0 Å². The van der Waals surface area contributed by atoms with Crippen LogP contribution in [0.1, 0.15) is 19.3 Å². The predicted molar refractivity (Wildman–Crippen MR) is 61.4 cm³/mol. The Bertz CT molecular complexity index is 384. The number of unbranched alkanes of at least 4 members (excludes halogenated alkanes) is 1. The number of hydrogen-bond acceptors (Lipinski definition) is 5. The van der Waals surface area contributed by atoms with E-state index < -0.39 is 12.6 Å². The second-order valence-electron chi connectivity index (χ2n) is 3.64. The Morgan fingerprint density at radius 3 is 2.67 bits per heavy atom. The minimum atomic E-state index is -4.10. The molecule has 8 heteroatoms. The quantitative estimate of drug-likeness (QED) is 0.771. The summed E-state index contributed by atoms with van der Waals surface area (Å²) in [6.07, 6.45) is -3.16. The molecule has 0 saturated heterocycles. The van der Waals surface area contributed by atoms with E-state index in [1.807, 2.05) is 0 Å². The molecule has 1 rings (SSSR count). The second-order valence-corrected chi connectivity index (χ2v) is 3.64. The Kier molecular flexibility index (Phi) is 4.99. The van der Waals surface area contributed by atoms with E-state index in [0.717, 1.165) is 0 Å². The lowest BCUT2D eigenvalue weighted by atomic mass is 10.2. The maximum absolute atomic E-state index is 11.9. The van der Waals surface area contributed by atoms with Crippen molar-refractivity contribution in [3.63, 3.8) is 0 Å². The molecular formula is C10H15F3N4O. The fourth-order valence-electron chi connectivity index (χ4n) is 1.34. The van der Waals surface area contributed by atoms with Crippen molar-refractivity contribution in [1.82, 2.24) is 9.97 Å². The second kappa shape index (κ2) is 6.27. The van der Waals surface area contributed by atoms with Crippen LogP contribution in [0, 0.1) is 0 Å². The molecule has 18 heavy (non-hydrogen) atoms. The topological polar surface area (TPSA) is 73.1 Å². The standard InChI is InChI=1S/C10H15F3N4O/c1-18-9-7(14)8(16-6-17-9)15-5-3-2-4-10(11,12)13/h6H,2-5,14H2,1H3,(H,15,16,17). The number of aromatic nitrogens is 2. The third-order valence-corrected chi connectivity index (χ3v) is 2.22. The fourth-order valence-corrected chi connectivity index (χ4v) is 1.34. The number of nitrogens with zero attached hydrogens (tertiary/aromatic N) is 2. The van der Waals surface area contributed by atoms with Gasteiger partial charge >= 0.3 is 6.18 Å². The summed E-state index contributed by atoms with van der Waals surface area (Å²) in [7, 11) is 1.42. The molecule has 1 aromatic rings. The Morgan fingerprint density at radius 1 is 1.33 bits per heavy atom. The summed E-state index contributed by atoms with van der Waals surface area (Å²) in [5, 5.41) is 2.85. The number of ether oxygens (including phenoxy) is 1. The van der Waals surface area contributed by atoms with Crippen molar-refractivity contribution in [1.29, 1.82) is 0 Å². The maximum atomic E-state index is 11.9. The van der Waals surface area contributed by atoms with Gasteiger partial charge in [-0.05, 0) is 12.8 Å². The van der Waals surface area contributed by atoms with Crippen LogP contribution in [-0.2, 0) is 0 Å². The van der Waals surface area contributed by atoms with Crippen molar-refractivity contribution in [2.45, 2.75) is 25.4 Å². The lowest BCUT2D eigenvalue weighted by Gasteiger charge is -2.10. The number of rotatable bonds is 6. The Morgan fingerprint density at radius 2 is 2.06 bits per heavy atom. The third kappa shape index (κ3) is 4.64. The molecular weight excluding hydrogens is 249 g/mol. The normalized spacial score (nSPS) is 11.3. The van der Waals surface area contributed by atoms with Gasteiger partial charge in [0.1, 0.15) is 12.0 Å². The van der Waals surface area contributed by atoms with Crippen LogP contribution in [0.4, 0.5) is 24.7 Å². The highest BCUT2D eigenvalue weighted by molar-refractivity contribution is 5.66. The zero-order chi connectivity index (χ0) is 13.6. The summed E-state index contributed by atoms with van der Waals surface area (Å²) in [5.74, 6) is 0.608. The highest BCUT2D eigenvalue weighted by Crippen LogP contribution is 2.24. The van der Waals surface area contributed by atoms with Crippen molar-refractivity contribution >= 4 is 11.5 Å². The summed E-state index contributed by atoms with van der Waals surface area (Å²) in [6.45, 7) is 0.362. The summed E-state index contributed by atoms with van der Waals surface area (Å²) >= 11 is 0. The van der Waals surface area contributed by atoms with Crippen LogP contribution in [0.5, 0.6) is 5.88 Å². The zero-order valence-electron chi connectivity index (χ0n) is 9.92. The first-order valence-corrected chi connectivity index (χ1v) is 5.39. The van der Waals surface area contributed by atoms with Crippen LogP contribution in [0.3, 0.4) is 0 Å². The summed E-state index contributed by atoms with van der Waals surface area (Å²) in [5.41, 5.74) is 5.93. The van der Waals surface area contributed by atoms with E-state index >= 15 is 0 Å². The van der Waals surface area contributed by atoms with Crippen LogP contribution in [0.25, 0.3) is 0 Å². The molecule has 0 spiro atoms. The van der Waals surface area contributed by atoms with Gasteiger partial charge in [-0.3, -0.25) is 0 Å². The van der Waals surface area contributed by atoms with Gasteiger partial charge < -0.3 is 15.8 Å². The number of nitrogen functional groups attached to an aromatic ring is 1. The van der Waals surface area contributed by atoms with Crippen molar-refractivity contribution in [2.24, 2.45) is 0 Å². The Labute approximate surface area is 103 Å². The molecule has 0 saturated carbocycles. The molecule has 0 aromatic carbocycles. The van der Waals surface area contributed by atoms with Gasteiger partial charge in [0.2, 0.25) is 5.88 Å². The molecule has 0 unspecified atom stereocenters. The highest BCUT2D eigenvalue weighted by atomic mass is 19.4. The van der Waals surface area contributed by atoms with Gasteiger partial charge in [-0.25, -0.2) is 4.98 Å². The van der Waals surface area contributed by atoms with Crippen LogP contribution in [-0.4, -0.2) is 29.8 Å². The van der Waals surface area contributed by atoms with Gasteiger partial charge in [-0.1, -0.05) is 0 Å². The number of methoxy groups -OCH3 is 1. The van der Waals surface area contributed by atoms with Crippen LogP contribution < -0.4 is 15.8 Å². The number of hydrogen-bond donors (Lipinski definition) is 2. The van der Waals surface area contributed by atoms with Crippen molar-refractivity contribution in [2.75, 3.05) is 24.7 Å². The average molecular weight is 264 g/mol. The van der Waals surface area contributed by atoms with E-state index in [1.54, 1.807) is 0 Å². The van der Waals surface area contributed by atoms with Crippen LogP contribution in [0.15, 0.2) is 6.33 Å². The number of nitrogens with two attached hydrogens (primary N) is 1. The van der Waals surface area contributed by atoms with E-state index in [4.69, 9.17) is 10.5 Å². The number of nitrogens with one attached hydrogen (secondary N) is 1. The Hall–Kier alpha value is -1.73. The molecule has 0 atom stereocenters. The third-order valence-electron chi connectivity index (χ3n) is 2.22. The molecule has 0 aliphatic rings. The molecule has 0 radical (unpaired) electrons. The van der Waals surface area contributed by atoms with Gasteiger partial charge in [0, 0.05) is 13.0 Å². The predicted octanol–water partition coefficient (Wildman–Crippen LogP) is 2.21. The first kappa shape index (κ1) is 14.3. The smallest absolute Gasteiger partial charge is 0.389 e. The molecule has 3 N–H and O–H groups in total. The first-order chi connectivity index (χ1) is 8.44. The molecule has 1 aromatic heterocycles. The molecule has 0 amide bonds. The van der Waals surface area contributed by atoms with E-state index in [9.17, 15) is 13.2 Å². The summed E-state index contributed by atoms with van der Waals surface area (Å²) < 4.78 is 40.6. The Balaban J connectivity index is 2.36. The lowest BCUT2D eigenvalue weighted by Crippen LogP contribution is -2.10. The lowest BCUT2D eigenvalue weighted by molar-refractivity contribution is -0.135. The van der Waals surface area contributed by atoms with Gasteiger partial charge in [0.15, 0.2) is 5.82 Å². The van der Waals surface area contributed by atoms with Crippen LogP contribution >= 0.6 is 0 Å². The molecule has 5 nitrogen and oxygen atoms in total.